The van der Waals surface area contributed by atoms with E-state index in [1.54, 1.807) is 13.0 Å². The Kier molecular flexibility index (Phi) is 8.34. The third-order valence-corrected chi connectivity index (χ3v) is 9.48. The Labute approximate surface area is 220 Å². The maximum absolute atomic E-state index is 13.3. The van der Waals surface area contributed by atoms with Crippen molar-refractivity contribution < 1.29 is 31.2 Å². The van der Waals surface area contributed by atoms with Gasteiger partial charge in [-0.25, -0.2) is 8.42 Å². The van der Waals surface area contributed by atoms with E-state index >= 15 is 0 Å². The van der Waals surface area contributed by atoms with Crippen LogP contribution in [-0.4, -0.2) is 66.6 Å². The van der Waals surface area contributed by atoms with Crippen molar-refractivity contribution in [1.82, 2.24) is 13.8 Å². The molecule has 1 saturated carbocycles. The monoisotopic (exact) mass is 554 g/mol. The molecular weight excluding hydrogens is 521 g/mol. The molecule has 4 rings (SSSR count). The molecular formula is C26H33F3N4O4S. The highest BCUT2D eigenvalue weighted by molar-refractivity contribution is 7.89. The van der Waals surface area contributed by atoms with E-state index in [9.17, 15) is 31.2 Å². The molecule has 0 spiro atoms. The number of nitrogens with zero attached hydrogens (tertiary/aromatic N) is 3. The minimum atomic E-state index is -4.65. The molecule has 38 heavy (non-hydrogen) atoms. The molecule has 0 radical (unpaired) electrons. The van der Waals surface area contributed by atoms with Gasteiger partial charge in [-0.15, -0.1) is 0 Å². The van der Waals surface area contributed by atoms with E-state index in [0.29, 0.717) is 35.5 Å². The van der Waals surface area contributed by atoms with Crippen LogP contribution >= 0.6 is 0 Å². The van der Waals surface area contributed by atoms with Crippen LogP contribution in [0.4, 0.5) is 13.2 Å². The van der Waals surface area contributed by atoms with Crippen molar-refractivity contribution in [2.45, 2.75) is 56.6 Å². The molecule has 2 N–H and O–H groups in total. The predicted molar refractivity (Wildman–Crippen MR) is 135 cm³/mol. The van der Waals surface area contributed by atoms with E-state index in [4.69, 9.17) is 5.73 Å². The SMILES string of the molecule is Cc1c(C(N)=O)cc(C(=O)CN2CCN(S(=O)(=O)c3cccc(C(F)(F)F)c3)CC2)n1CC1CCCCC1. The summed E-state index contributed by atoms with van der Waals surface area (Å²) in [6.07, 6.45) is 0.981. The van der Waals surface area contributed by atoms with Crippen molar-refractivity contribution >= 4 is 21.7 Å². The van der Waals surface area contributed by atoms with Gasteiger partial charge in [-0.3, -0.25) is 14.5 Å². The van der Waals surface area contributed by atoms with Gasteiger partial charge >= 0.3 is 6.18 Å². The molecule has 8 nitrogen and oxygen atoms in total. The lowest BCUT2D eigenvalue weighted by atomic mass is 9.89. The Hall–Kier alpha value is -2.70. The summed E-state index contributed by atoms with van der Waals surface area (Å²) in [5.41, 5.74) is 5.94. The molecule has 2 fully saturated rings. The number of ketones is 1. The van der Waals surface area contributed by atoms with Gasteiger partial charge in [-0.1, -0.05) is 25.3 Å². The summed E-state index contributed by atoms with van der Waals surface area (Å²) in [5.74, 6) is -0.357. The summed E-state index contributed by atoms with van der Waals surface area (Å²) in [6, 6.07) is 5.26. The second-order valence-electron chi connectivity index (χ2n) is 10.1. The fraction of sp³-hybridized carbons (Fsp3) is 0.538. The van der Waals surface area contributed by atoms with Crippen LogP contribution < -0.4 is 5.73 Å². The number of benzene rings is 1. The Morgan fingerprint density at radius 3 is 2.29 bits per heavy atom. The first-order valence-corrected chi connectivity index (χ1v) is 14.2. The number of rotatable bonds is 8. The third-order valence-electron chi connectivity index (χ3n) is 7.58. The zero-order valence-corrected chi connectivity index (χ0v) is 22.2. The summed E-state index contributed by atoms with van der Waals surface area (Å²) in [5, 5.41) is 0. The molecule has 2 aromatic rings. The molecule has 2 heterocycles. The number of halogens is 3. The fourth-order valence-electron chi connectivity index (χ4n) is 5.38. The van der Waals surface area contributed by atoms with Gasteiger partial charge in [0.05, 0.1) is 28.3 Å². The highest BCUT2D eigenvalue weighted by Crippen LogP contribution is 2.31. The molecule has 12 heteroatoms. The minimum absolute atomic E-state index is 0.0315. The number of hydrogen-bond acceptors (Lipinski definition) is 5. The topological polar surface area (TPSA) is 106 Å². The standard InChI is InChI=1S/C26H33F3N4O4S/c1-18-22(25(30)35)15-23(33(18)16-19-6-3-2-4-7-19)24(34)17-31-10-12-32(13-11-31)38(36,37)21-9-5-8-20(14-21)26(27,28)29/h5,8-9,14-15,19H,2-4,6-7,10-13,16-17H2,1H3,(H2,30,35). The number of hydrogen-bond donors (Lipinski definition) is 1. The molecule has 208 valence electrons. The van der Waals surface area contributed by atoms with Gasteiger partial charge in [0.25, 0.3) is 5.91 Å². The predicted octanol–water partition coefficient (Wildman–Crippen LogP) is 3.68. The smallest absolute Gasteiger partial charge is 0.366 e. The van der Waals surface area contributed by atoms with Crippen molar-refractivity contribution in [2.75, 3.05) is 32.7 Å². The van der Waals surface area contributed by atoms with Gasteiger partial charge in [-0.05, 0) is 49.9 Å². The molecule has 0 unspecified atom stereocenters. The Morgan fingerprint density at radius 1 is 1.03 bits per heavy atom. The first kappa shape index (κ1) is 28.3. The van der Waals surface area contributed by atoms with Gasteiger partial charge in [0.2, 0.25) is 10.0 Å². The van der Waals surface area contributed by atoms with E-state index < -0.39 is 32.6 Å². The Bertz CT molecular complexity index is 1290. The van der Waals surface area contributed by atoms with Gasteiger partial charge in [-0.2, -0.15) is 17.5 Å². The molecule has 1 aliphatic heterocycles. The molecule has 1 aromatic heterocycles. The molecule has 0 bridgehead atoms. The lowest BCUT2D eigenvalue weighted by molar-refractivity contribution is -0.137. The van der Waals surface area contributed by atoms with Gasteiger partial charge in [0.1, 0.15) is 0 Å². The number of carbonyl (C=O) groups excluding carboxylic acids is 2. The van der Waals surface area contributed by atoms with Crippen LogP contribution in [0.5, 0.6) is 0 Å². The van der Waals surface area contributed by atoms with Crippen LogP contribution in [0.1, 0.15) is 64.2 Å². The lowest BCUT2D eigenvalue weighted by Crippen LogP contribution is -2.49. The largest absolute Gasteiger partial charge is 0.416 e. The summed E-state index contributed by atoms with van der Waals surface area (Å²) in [4.78, 5) is 26.7. The molecule has 1 aliphatic carbocycles. The van der Waals surface area contributed by atoms with Crippen LogP contribution in [0.25, 0.3) is 0 Å². The summed E-state index contributed by atoms with van der Waals surface area (Å²) in [7, 11) is -4.12. The van der Waals surface area contributed by atoms with Crippen molar-refractivity contribution in [1.29, 1.82) is 0 Å². The number of carbonyl (C=O) groups is 2. The highest BCUT2D eigenvalue weighted by Gasteiger charge is 2.34. The Balaban J connectivity index is 1.44. The number of amides is 1. The van der Waals surface area contributed by atoms with Crippen molar-refractivity contribution in [3.05, 3.63) is 52.8 Å². The second kappa shape index (κ2) is 11.2. The van der Waals surface area contributed by atoms with Crippen LogP contribution in [0.3, 0.4) is 0 Å². The van der Waals surface area contributed by atoms with E-state index in [-0.39, 0.29) is 38.5 Å². The maximum Gasteiger partial charge on any atom is 0.416 e. The fourth-order valence-corrected chi connectivity index (χ4v) is 6.85. The first-order chi connectivity index (χ1) is 17.9. The third kappa shape index (κ3) is 6.13. The summed E-state index contributed by atoms with van der Waals surface area (Å²) in [6.45, 7) is 3.04. The normalized spacial score (nSPS) is 18.5. The minimum Gasteiger partial charge on any atom is -0.366 e. The van der Waals surface area contributed by atoms with Crippen LogP contribution in [0.2, 0.25) is 0 Å². The molecule has 1 saturated heterocycles. The van der Waals surface area contributed by atoms with Crippen molar-refractivity contribution in [3.8, 4) is 0 Å². The zero-order chi connectivity index (χ0) is 27.7. The van der Waals surface area contributed by atoms with E-state index in [1.807, 2.05) is 9.47 Å². The maximum atomic E-state index is 13.3. The van der Waals surface area contributed by atoms with Gasteiger partial charge in [0.15, 0.2) is 5.78 Å². The number of Topliss-reactive ketones (excluding diaryl/α,β-unsaturated/α-hetero) is 1. The number of nitrogens with two attached hydrogens (primary N) is 1. The molecule has 1 amide bonds. The zero-order valence-electron chi connectivity index (χ0n) is 21.3. The van der Waals surface area contributed by atoms with Crippen LogP contribution in [-0.2, 0) is 22.7 Å². The van der Waals surface area contributed by atoms with Crippen LogP contribution in [0.15, 0.2) is 35.2 Å². The second-order valence-corrected chi connectivity index (χ2v) is 12.1. The quantitative estimate of drug-likeness (QED) is 0.501. The number of piperazine rings is 1. The molecule has 0 atom stereocenters. The summed E-state index contributed by atoms with van der Waals surface area (Å²) >= 11 is 0. The van der Waals surface area contributed by atoms with Crippen molar-refractivity contribution in [2.24, 2.45) is 11.7 Å². The number of primary amides is 1. The Morgan fingerprint density at radius 2 is 1.68 bits per heavy atom. The molecule has 1 aromatic carbocycles. The van der Waals surface area contributed by atoms with E-state index in [2.05, 4.69) is 0 Å². The van der Waals surface area contributed by atoms with Crippen molar-refractivity contribution in [3.63, 3.8) is 0 Å². The number of sulfonamides is 1. The highest BCUT2D eigenvalue weighted by atomic mass is 32.2. The lowest BCUT2D eigenvalue weighted by Gasteiger charge is -2.33. The molecule has 2 aliphatic rings. The summed E-state index contributed by atoms with van der Waals surface area (Å²) < 4.78 is 68.2. The average molecular weight is 555 g/mol. The number of alkyl halides is 3. The first-order valence-electron chi connectivity index (χ1n) is 12.8. The van der Waals surface area contributed by atoms with Gasteiger partial charge < -0.3 is 10.3 Å². The van der Waals surface area contributed by atoms with E-state index in [1.165, 1.54) is 6.42 Å². The van der Waals surface area contributed by atoms with E-state index in [0.717, 1.165) is 48.2 Å². The van der Waals surface area contributed by atoms with Gasteiger partial charge in [0, 0.05) is 38.4 Å². The van der Waals surface area contributed by atoms with Crippen LogP contribution in [0, 0.1) is 12.8 Å². The number of aromatic nitrogens is 1. The average Bonchev–Trinajstić information content (AvgIpc) is 3.21.